The van der Waals surface area contributed by atoms with Gasteiger partial charge in [0.2, 0.25) is 0 Å². The smallest absolute Gasteiger partial charge is 0.411 e. The van der Waals surface area contributed by atoms with Crippen molar-refractivity contribution in [3.8, 4) is 11.1 Å². The van der Waals surface area contributed by atoms with Crippen LogP contribution < -0.4 is 22.3 Å². The summed E-state index contributed by atoms with van der Waals surface area (Å²) in [5.74, 6) is -0.381. The van der Waals surface area contributed by atoms with Crippen LogP contribution in [0.1, 0.15) is 25.7 Å². The van der Waals surface area contributed by atoms with Gasteiger partial charge in [0, 0.05) is 31.2 Å². The first kappa shape index (κ1) is 20.3. The van der Waals surface area contributed by atoms with Gasteiger partial charge in [-0.25, -0.2) is 9.18 Å². The first-order valence-corrected chi connectivity index (χ1v) is 10.0. The summed E-state index contributed by atoms with van der Waals surface area (Å²) < 4.78 is 20.4. The molecule has 7 heteroatoms. The van der Waals surface area contributed by atoms with Crippen LogP contribution in [0.2, 0.25) is 0 Å². The molecule has 1 aromatic carbocycles. The molecule has 0 aliphatic carbocycles. The first-order chi connectivity index (χ1) is 12.4. The monoisotopic (exact) mass is 454 g/mol. The van der Waals surface area contributed by atoms with Crippen molar-refractivity contribution in [1.29, 1.82) is 0 Å². The van der Waals surface area contributed by atoms with Crippen LogP contribution in [0.25, 0.3) is 11.1 Å². The molecule has 0 radical (unpaired) electrons. The van der Waals surface area contributed by atoms with Gasteiger partial charge in [-0.15, -0.1) is 0 Å². The predicted molar refractivity (Wildman–Crippen MR) is 102 cm³/mol. The number of thiophene rings is 1. The number of ether oxygens (including phenoxy) is 1. The molecule has 146 valence electrons. The van der Waals surface area contributed by atoms with E-state index in [0.29, 0.717) is 17.8 Å². The fourth-order valence-corrected chi connectivity index (χ4v) is 5.16. The Kier molecular flexibility index (Phi) is 5.93. The molecule has 27 heavy (non-hydrogen) atoms. The van der Waals surface area contributed by atoms with Crippen molar-refractivity contribution in [2.45, 2.75) is 43.9 Å². The molecule has 3 atom stereocenters. The van der Waals surface area contributed by atoms with Gasteiger partial charge in [0.25, 0.3) is 0 Å². The lowest BCUT2D eigenvalue weighted by molar-refractivity contribution is -0.931. The van der Waals surface area contributed by atoms with Crippen LogP contribution in [0, 0.1) is 5.82 Å². The quantitative estimate of drug-likeness (QED) is 0.718. The number of carbonyl (C=O) groups is 1. The number of piperidine rings is 1. The van der Waals surface area contributed by atoms with Crippen molar-refractivity contribution in [3.63, 3.8) is 0 Å². The van der Waals surface area contributed by atoms with Crippen molar-refractivity contribution >= 4 is 23.1 Å². The summed E-state index contributed by atoms with van der Waals surface area (Å²) in [5, 5.41) is 6.69. The normalized spacial score (nSPS) is 25.5. The van der Waals surface area contributed by atoms with E-state index >= 15 is 0 Å². The Morgan fingerprint density at radius 1 is 1.22 bits per heavy atom. The molecule has 1 aromatic heterocycles. The number of anilines is 1. The van der Waals surface area contributed by atoms with Crippen LogP contribution >= 0.6 is 11.3 Å². The van der Waals surface area contributed by atoms with Gasteiger partial charge in [-0.2, -0.15) is 11.3 Å². The first-order valence-electron chi connectivity index (χ1n) is 9.06. The minimum Gasteiger partial charge on any atom is -1.00 e. The molecule has 1 amide bonds. The number of halogens is 2. The highest BCUT2D eigenvalue weighted by molar-refractivity contribution is 7.08. The Hall–Kier alpha value is -1.44. The molecule has 2 aromatic rings. The number of nitrogens with zero attached hydrogens (tertiary/aromatic N) is 1. The fraction of sp³-hybridized carbons (Fsp3) is 0.450. The molecule has 2 saturated heterocycles. The van der Waals surface area contributed by atoms with Crippen molar-refractivity contribution in [1.82, 2.24) is 0 Å². The lowest BCUT2D eigenvalue weighted by Crippen LogP contribution is -3.00. The number of carbonyl (C=O) groups excluding carboxylic acids is 1. The van der Waals surface area contributed by atoms with Crippen molar-refractivity contribution < 1.29 is 35.4 Å². The van der Waals surface area contributed by atoms with Gasteiger partial charge in [0.15, 0.2) is 0 Å². The highest BCUT2D eigenvalue weighted by atomic mass is 79.9. The van der Waals surface area contributed by atoms with Gasteiger partial charge in [0.05, 0.1) is 31.9 Å². The average Bonchev–Trinajstić information content (AvgIpc) is 3.11. The zero-order valence-electron chi connectivity index (χ0n) is 15.5. The highest BCUT2D eigenvalue weighted by Gasteiger charge is 2.49. The van der Waals surface area contributed by atoms with E-state index in [9.17, 15) is 9.18 Å². The Morgan fingerprint density at radius 2 is 1.93 bits per heavy atom. The van der Waals surface area contributed by atoms with Crippen molar-refractivity contribution in [2.24, 2.45) is 0 Å². The predicted octanol–water partition coefficient (Wildman–Crippen LogP) is 1.88. The second-order valence-corrected chi connectivity index (χ2v) is 8.62. The minimum atomic E-state index is -0.497. The summed E-state index contributed by atoms with van der Waals surface area (Å²) in [6.45, 7) is 0. The minimum absolute atomic E-state index is 0. The molecule has 2 fully saturated rings. The van der Waals surface area contributed by atoms with Crippen LogP contribution in [0.15, 0.2) is 35.0 Å². The third-order valence-electron chi connectivity index (χ3n) is 6.11. The number of rotatable bonds is 3. The van der Waals surface area contributed by atoms with E-state index in [1.54, 1.807) is 17.4 Å². The van der Waals surface area contributed by atoms with E-state index in [1.807, 2.05) is 16.8 Å². The standard InChI is InChI=1S/C20H23FN2O2S.BrH/c1-23(2)15-4-5-16(23)11-17(10-15)25-20(24)22-19-9-14(21)3-6-18(19)13-7-8-26-12-13;/h3,6-9,12,15-17H,4-5,10-11H2,1-2H3;1H/t15-,16+,17+;. The van der Waals surface area contributed by atoms with Crippen LogP contribution in [0.3, 0.4) is 0 Å². The van der Waals surface area contributed by atoms with E-state index in [1.165, 1.54) is 25.0 Å². The van der Waals surface area contributed by atoms with Crippen molar-refractivity contribution in [2.75, 3.05) is 19.4 Å². The molecule has 3 heterocycles. The van der Waals surface area contributed by atoms with Crippen molar-refractivity contribution in [3.05, 3.63) is 40.8 Å². The molecular weight excluding hydrogens is 431 g/mol. The Bertz CT molecular complexity index is 796. The zero-order chi connectivity index (χ0) is 18.3. The maximum atomic E-state index is 13.7. The topological polar surface area (TPSA) is 38.3 Å². The number of benzene rings is 1. The molecule has 2 bridgehead atoms. The van der Waals surface area contributed by atoms with E-state index in [4.69, 9.17) is 4.74 Å². The molecule has 0 spiro atoms. The summed E-state index contributed by atoms with van der Waals surface area (Å²) in [5.41, 5.74) is 2.20. The summed E-state index contributed by atoms with van der Waals surface area (Å²) >= 11 is 1.56. The number of hydrogen-bond acceptors (Lipinski definition) is 3. The van der Waals surface area contributed by atoms with E-state index in [2.05, 4.69) is 19.4 Å². The van der Waals surface area contributed by atoms with Crippen LogP contribution in [-0.4, -0.2) is 42.9 Å². The summed E-state index contributed by atoms with van der Waals surface area (Å²) in [6, 6.07) is 7.51. The van der Waals surface area contributed by atoms with Gasteiger partial charge < -0.3 is 26.2 Å². The van der Waals surface area contributed by atoms with Gasteiger partial charge in [-0.05, 0) is 40.6 Å². The average molecular weight is 455 g/mol. The zero-order valence-corrected chi connectivity index (χ0v) is 17.9. The number of hydrogen-bond donors (Lipinski definition) is 1. The third kappa shape index (κ3) is 4.05. The molecule has 0 saturated carbocycles. The molecule has 0 unspecified atom stereocenters. The Balaban J connectivity index is 0.00000210. The molecule has 4 nitrogen and oxygen atoms in total. The SMILES string of the molecule is C[N+]1(C)[C@@H]2CC[C@H]1C[C@@H](OC(=O)Nc1cc(F)ccc1-c1ccsc1)C2.[Br-]. The van der Waals surface area contributed by atoms with E-state index in [0.717, 1.165) is 28.5 Å². The molecule has 4 rings (SSSR count). The summed E-state index contributed by atoms with van der Waals surface area (Å²) in [7, 11) is 4.55. The van der Waals surface area contributed by atoms with Crippen LogP contribution in [-0.2, 0) is 4.74 Å². The Labute approximate surface area is 173 Å². The van der Waals surface area contributed by atoms with Gasteiger partial charge in [-0.1, -0.05) is 0 Å². The lowest BCUT2D eigenvalue weighted by Gasteiger charge is -2.43. The van der Waals surface area contributed by atoms with Crippen LogP contribution in [0.5, 0.6) is 0 Å². The van der Waals surface area contributed by atoms with Gasteiger partial charge in [-0.3, -0.25) is 5.32 Å². The largest absolute Gasteiger partial charge is 1.00 e. The molecule has 2 aliphatic heterocycles. The third-order valence-corrected chi connectivity index (χ3v) is 6.79. The highest BCUT2D eigenvalue weighted by Crippen LogP contribution is 2.40. The molecular formula is C20H24BrFN2O2S. The molecule has 1 N–H and O–H groups in total. The summed E-state index contributed by atoms with van der Waals surface area (Å²) in [4.78, 5) is 12.5. The van der Waals surface area contributed by atoms with Crippen LogP contribution in [0.4, 0.5) is 14.9 Å². The van der Waals surface area contributed by atoms with E-state index in [-0.39, 0.29) is 28.9 Å². The number of fused-ring (bicyclic) bond motifs is 2. The molecule has 2 aliphatic rings. The maximum Gasteiger partial charge on any atom is 0.411 e. The fourth-order valence-electron chi connectivity index (χ4n) is 4.51. The number of quaternary nitrogens is 1. The number of amides is 1. The number of nitrogens with one attached hydrogen (secondary N) is 1. The second kappa shape index (κ2) is 7.89. The second-order valence-electron chi connectivity index (χ2n) is 7.84. The maximum absolute atomic E-state index is 13.7. The van der Waals surface area contributed by atoms with E-state index < -0.39 is 6.09 Å². The Morgan fingerprint density at radius 3 is 2.56 bits per heavy atom. The van der Waals surface area contributed by atoms with Gasteiger partial charge >= 0.3 is 6.09 Å². The lowest BCUT2D eigenvalue weighted by atomic mass is 9.98. The van der Waals surface area contributed by atoms with Gasteiger partial charge in [0.1, 0.15) is 11.9 Å². The summed E-state index contributed by atoms with van der Waals surface area (Å²) in [6.07, 6.45) is 3.64.